The van der Waals surface area contributed by atoms with E-state index in [1.807, 2.05) is 64.1 Å². The van der Waals surface area contributed by atoms with E-state index in [2.05, 4.69) is 29.4 Å². The minimum Gasteiger partial charge on any atom is -0.490 e. The highest BCUT2D eigenvalue weighted by Gasteiger charge is 2.20. The summed E-state index contributed by atoms with van der Waals surface area (Å²) in [6, 6.07) is 16.0. The maximum atomic E-state index is 13.0. The molecule has 0 aliphatic rings. The molecule has 182 valence electrons. The molecule has 0 saturated heterocycles. The van der Waals surface area contributed by atoms with Gasteiger partial charge in [-0.3, -0.25) is 4.79 Å². The van der Waals surface area contributed by atoms with Crippen molar-refractivity contribution in [2.45, 2.75) is 40.5 Å². The maximum Gasteiger partial charge on any atom is 0.254 e. The minimum absolute atomic E-state index is 0.158. The Morgan fingerprint density at radius 2 is 1.74 bits per heavy atom. The number of aromatic nitrogens is 3. The Morgan fingerprint density at radius 3 is 2.46 bits per heavy atom. The average Bonchev–Trinajstić information content (AvgIpc) is 3.21. The van der Waals surface area contributed by atoms with Crippen molar-refractivity contribution in [2.75, 3.05) is 19.8 Å². The van der Waals surface area contributed by atoms with Crippen molar-refractivity contribution >= 4 is 11.6 Å². The van der Waals surface area contributed by atoms with Gasteiger partial charge in [-0.2, -0.15) is 5.10 Å². The van der Waals surface area contributed by atoms with Gasteiger partial charge < -0.3 is 14.8 Å². The third kappa shape index (κ3) is 4.99. The quantitative estimate of drug-likeness (QED) is 0.356. The smallest absolute Gasteiger partial charge is 0.254 e. The van der Waals surface area contributed by atoms with Crippen molar-refractivity contribution in [1.82, 2.24) is 19.9 Å². The van der Waals surface area contributed by atoms with Crippen LogP contribution in [0.2, 0.25) is 0 Å². The molecule has 0 spiro atoms. The minimum atomic E-state index is -0.158. The molecule has 1 atom stereocenters. The Hall–Kier alpha value is -3.87. The van der Waals surface area contributed by atoms with Crippen LogP contribution in [0.4, 0.5) is 0 Å². The summed E-state index contributed by atoms with van der Waals surface area (Å²) in [7, 11) is 0. The van der Waals surface area contributed by atoms with Crippen LogP contribution < -0.4 is 14.8 Å². The number of nitrogens with zero attached hydrogens (tertiary/aromatic N) is 3. The number of carbonyl (C=O) groups is 1. The Balaban J connectivity index is 1.63. The molecule has 7 nitrogen and oxygen atoms in total. The zero-order chi connectivity index (χ0) is 24.9. The van der Waals surface area contributed by atoms with Gasteiger partial charge >= 0.3 is 0 Å². The van der Waals surface area contributed by atoms with Crippen LogP contribution in [-0.2, 0) is 0 Å². The summed E-state index contributed by atoms with van der Waals surface area (Å²) >= 11 is 0. The normalized spacial score (nSPS) is 11.9. The fourth-order valence-electron chi connectivity index (χ4n) is 4.21. The predicted molar refractivity (Wildman–Crippen MR) is 137 cm³/mol. The van der Waals surface area contributed by atoms with Gasteiger partial charge in [-0.05, 0) is 56.9 Å². The average molecular weight is 473 g/mol. The second-order valence-electron chi connectivity index (χ2n) is 8.50. The highest BCUT2D eigenvalue weighted by atomic mass is 16.5. The number of rotatable bonds is 9. The van der Waals surface area contributed by atoms with E-state index in [1.165, 1.54) is 5.56 Å². The maximum absolute atomic E-state index is 13.0. The molecule has 1 amide bonds. The number of carbonyl (C=O) groups excluding carboxylic acids is 1. The number of aryl methyl sites for hydroxylation is 2. The van der Waals surface area contributed by atoms with Gasteiger partial charge in [0.15, 0.2) is 17.1 Å². The molecule has 2 aromatic heterocycles. The first kappa shape index (κ1) is 24.3. The van der Waals surface area contributed by atoms with Gasteiger partial charge in [-0.15, -0.1) is 0 Å². The highest BCUT2D eigenvalue weighted by molar-refractivity contribution is 5.95. The largest absolute Gasteiger partial charge is 0.490 e. The number of amides is 1. The molecule has 0 unspecified atom stereocenters. The fraction of sp³-hybridized carbons (Fsp3) is 0.321. The standard InChI is InChI=1S/C28H32N4O3/c1-6-34-24-14-13-22(15-25(24)35-7-2)26-19(4)31-32-20(5)23(17-29-27(26)32)28(33)30-16-18(3)21-11-9-8-10-12-21/h8-15,17-18H,6-7,16H2,1-5H3,(H,30,33)/t18-/m0/s1. The first-order valence-corrected chi connectivity index (χ1v) is 12.0. The number of benzene rings is 2. The summed E-state index contributed by atoms with van der Waals surface area (Å²) in [6.45, 7) is 11.5. The zero-order valence-electron chi connectivity index (χ0n) is 21.0. The number of hydrogen-bond acceptors (Lipinski definition) is 5. The van der Waals surface area contributed by atoms with E-state index in [-0.39, 0.29) is 11.8 Å². The molecule has 0 bridgehead atoms. The highest BCUT2D eigenvalue weighted by Crippen LogP contribution is 2.36. The van der Waals surface area contributed by atoms with Crippen LogP contribution in [0.5, 0.6) is 11.5 Å². The summed E-state index contributed by atoms with van der Waals surface area (Å²) in [6.07, 6.45) is 1.63. The van der Waals surface area contributed by atoms with E-state index in [0.717, 1.165) is 22.5 Å². The zero-order valence-corrected chi connectivity index (χ0v) is 21.0. The molecular formula is C28H32N4O3. The van der Waals surface area contributed by atoms with Crippen molar-refractivity contribution in [3.8, 4) is 22.6 Å². The van der Waals surface area contributed by atoms with E-state index < -0.39 is 0 Å². The lowest BCUT2D eigenvalue weighted by atomic mass is 10.0. The topological polar surface area (TPSA) is 77.8 Å². The van der Waals surface area contributed by atoms with Gasteiger partial charge in [-0.1, -0.05) is 43.3 Å². The van der Waals surface area contributed by atoms with Gasteiger partial charge in [-0.25, -0.2) is 9.50 Å². The first-order valence-electron chi connectivity index (χ1n) is 12.0. The number of ether oxygens (including phenoxy) is 2. The number of hydrogen-bond donors (Lipinski definition) is 1. The monoisotopic (exact) mass is 472 g/mol. The molecule has 0 radical (unpaired) electrons. The van der Waals surface area contributed by atoms with Crippen molar-refractivity contribution in [2.24, 2.45) is 0 Å². The van der Waals surface area contributed by atoms with Gasteiger partial charge in [0.25, 0.3) is 5.91 Å². The summed E-state index contributed by atoms with van der Waals surface area (Å²) in [5.74, 6) is 1.44. The number of fused-ring (bicyclic) bond motifs is 1. The van der Waals surface area contributed by atoms with E-state index in [1.54, 1.807) is 10.7 Å². The molecule has 7 heteroatoms. The Morgan fingerprint density at radius 1 is 1.03 bits per heavy atom. The van der Waals surface area contributed by atoms with Crippen molar-refractivity contribution < 1.29 is 14.3 Å². The molecule has 0 saturated carbocycles. The van der Waals surface area contributed by atoms with E-state index in [9.17, 15) is 4.79 Å². The molecule has 4 aromatic rings. The molecule has 2 heterocycles. The Kier molecular flexibility index (Phi) is 7.34. The van der Waals surface area contributed by atoms with Gasteiger partial charge in [0.05, 0.1) is 30.2 Å². The molecule has 0 fully saturated rings. The molecule has 4 rings (SSSR count). The lowest BCUT2D eigenvalue weighted by Gasteiger charge is -2.14. The molecule has 35 heavy (non-hydrogen) atoms. The Labute approximate surface area is 206 Å². The lowest BCUT2D eigenvalue weighted by molar-refractivity contribution is 0.0950. The summed E-state index contributed by atoms with van der Waals surface area (Å²) in [5.41, 5.74) is 5.79. The second kappa shape index (κ2) is 10.6. The van der Waals surface area contributed by atoms with Crippen LogP contribution in [-0.4, -0.2) is 40.3 Å². The van der Waals surface area contributed by atoms with Crippen LogP contribution in [0, 0.1) is 13.8 Å². The first-order chi connectivity index (χ1) is 16.9. The van der Waals surface area contributed by atoms with Crippen molar-refractivity contribution in [3.05, 3.63) is 77.2 Å². The molecule has 0 aliphatic carbocycles. The number of nitrogens with one attached hydrogen (secondary N) is 1. The van der Waals surface area contributed by atoms with Gasteiger partial charge in [0.1, 0.15) is 0 Å². The second-order valence-corrected chi connectivity index (χ2v) is 8.50. The Bertz CT molecular complexity index is 1330. The molecule has 2 aromatic carbocycles. The molecule has 1 N–H and O–H groups in total. The molecule has 0 aliphatic heterocycles. The summed E-state index contributed by atoms with van der Waals surface area (Å²) in [5, 5.41) is 7.76. The third-order valence-corrected chi connectivity index (χ3v) is 6.07. The van der Waals surface area contributed by atoms with E-state index >= 15 is 0 Å². The van der Waals surface area contributed by atoms with Crippen LogP contribution in [0.1, 0.15) is 54.0 Å². The van der Waals surface area contributed by atoms with Crippen molar-refractivity contribution in [1.29, 1.82) is 0 Å². The fourth-order valence-corrected chi connectivity index (χ4v) is 4.21. The SMILES string of the molecule is CCOc1ccc(-c2c(C)nn3c(C)c(C(=O)NC[C@H](C)c4ccccc4)cnc23)cc1OCC. The van der Waals surface area contributed by atoms with E-state index in [0.29, 0.717) is 42.5 Å². The summed E-state index contributed by atoms with van der Waals surface area (Å²) < 4.78 is 13.3. The molecular weight excluding hydrogens is 440 g/mol. The van der Waals surface area contributed by atoms with Crippen LogP contribution >= 0.6 is 0 Å². The van der Waals surface area contributed by atoms with Crippen LogP contribution in [0.15, 0.2) is 54.7 Å². The van der Waals surface area contributed by atoms with E-state index in [4.69, 9.17) is 14.6 Å². The van der Waals surface area contributed by atoms with Crippen LogP contribution in [0.3, 0.4) is 0 Å². The van der Waals surface area contributed by atoms with Crippen molar-refractivity contribution in [3.63, 3.8) is 0 Å². The third-order valence-electron chi connectivity index (χ3n) is 6.07. The van der Waals surface area contributed by atoms with Gasteiger partial charge in [0, 0.05) is 18.3 Å². The lowest BCUT2D eigenvalue weighted by Crippen LogP contribution is -2.28. The predicted octanol–water partition coefficient (Wildman–Crippen LogP) is 5.34. The van der Waals surface area contributed by atoms with Gasteiger partial charge in [0.2, 0.25) is 0 Å². The van der Waals surface area contributed by atoms with Crippen LogP contribution in [0.25, 0.3) is 16.8 Å². The summed E-state index contributed by atoms with van der Waals surface area (Å²) in [4.78, 5) is 17.6.